The lowest BCUT2D eigenvalue weighted by Gasteiger charge is -2.12. The summed E-state index contributed by atoms with van der Waals surface area (Å²) in [5.41, 5.74) is 5.20. The summed E-state index contributed by atoms with van der Waals surface area (Å²) in [5.74, 6) is -2.58. The molecule has 1 aromatic rings. The molecule has 68 valence electrons. The van der Waals surface area contributed by atoms with Gasteiger partial charge in [-0.05, 0) is 0 Å². The molecule has 0 bridgehead atoms. The molecule has 0 aromatic carbocycles. The van der Waals surface area contributed by atoms with Crippen LogP contribution in [0.1, 0.15) is 13.3 Å². The van der Waals surface area contributed by atoms with E-state index in [4.69, 9.17) is 5.73 Å². The fourth-order valence-electron chi connectivity index (χ4n) is 0.739. The van der Waals surface area contributed by atoms with Crippen LogP contribution in [-0.2, 0) is 6.54 Å². The van der Waals surface area contributed by atoms with E-state index in [9.17, 15) is 8.78 Å². The molecule has 0 radical (unpaired) electrons. The van der Waals surface area contributed by atoms with Crippen LogP contribution >= 0.6 is 0 Å². The van der Waals surface area contributed by atoms with Crippen molar-refractivity contribution in [2.45, 2.75) is 25.8 Å². The molecule has 0 unspecified atom stereocenters. The molecule has 0 fully saturated rings. The van der Waals surface area contributed by atoms with E-state index in [0.717, 1.165) is 4.68 Å². The summed E-state index contributed by atoms with van der Waals surface area (Å²) in [7, 11) is 0. The van der Waals surface area contributed by atoms with Crippen LogP contribution in [0.4, 0.5) is 14.6 Å². The van der Waals surface area contributed by atoms with Crippen molar-refractivity contribution in [1.29, 1.82) is 0 Å². The van der Waals surface area contributed by atoms with E-state index in [1.165, 1.54) is 13.1 Å². The van der Waals surface area contributed by atoms with Gasteiger partial charge in [0, 0.05) is 6.42 Å². The van der Waals surface area contributed by atoms with E-state index in [-0.39, 0.29) is 12.2 Å². The molecule has 0 amide bonds. The number of hydrogen-bond acceptors (Lipinski definition) is 3. The predicted molar refractivity (Wildman–Crippen MR) is 39.7 cm³/mol. The van der Waals surface area contributed by atoms with Crippen molar-refractivity contribution >= 4 is 5.82 Å². The van der Waals surface area contributed by atoms with Gasteiger partial charge in [-0.25, -0.2) is 13.5 Å². The van der Waals surface area contributed by atoms with Crippen LogP contribution in [0.5, 0.6) is 0 Å². The molecule has 2 N–H and O–H groups in total. The minimum Gasteiger partial charge on any atom is -0.381 e. The molecule has 0 aliphatic rings. The number of rotatable bonds is 3. The second-order valence-electron chi connectivity index (χ2n) is 2.55. The fourth-order valence-corrected chi connectivity index (χ4v) is 0.739. The van der Waals surface area contributed by atoms with Gasteiger partial charge < -0.3 is 5.73 Å². The first-order valence-electron chi connectivity index (χ1n) is 3.57. The van der Waals surface area contributed by atoms with Gasteiger partial charge in [-0.1, -0.05) is 12.1 Å². The monoisotopic (exact) mass is 176 g/mol. The van der Waals surface area contributed by atoms with Crippen molar-refractivity contribution in [1.82, 2.24) is 15.0 Å². The van der Waals surface area contributed by atoms with Gasteiger partial charge in [0.25, 0.3) is 5.92 Å². The first-order chi connectivity index (χ1) is 5.53. The Hall–Kier alpha value is -1.20. The molecule has 1 aromatic heterocycles. The SMILES string of the molecule is CCC(F)(F)Cn1cc(N)nn1. The van der Waals surface area contributed by atoms with Crippen LogP contribution in [0, 0.1) is 0 Å². The number of nitrogens with zero attached hydrogens (tertiary/aromatic N) is 3. The number of alkyl halides is 2. The Morgan fingerprint density at radius 1 is 1.67 bits per heavy atom. The highest BCUT2D eigenvalue weighted by atomic mass is 19.3. The van der Waals surface area contributed by atoms with Gasteiger partial charge in [-0.2, -0.15) is 0 Å². The van der Waals surface area contributed by atoms with Crippen LogP contribution in [0.25, 0.3) is 0 Å². The Morgan fingerprint density at radius 2 is 2.33 bits per heavy atom. The smallest absolute Gasteiger partial charge is 0.267 e. The highest BCUT2D eigenvalue weighted by molar-refractivity contribution is 5.19. The van der Waals surface area contributed by atoms with Crippen LogP contribution in [0.3, 0.4) is 0 Å². The van der Waals surface area contributed by atoms with Gasteiger partial charge in [-0.15, -0.1) is 5.10 Å². The van der Waals surface area contributed by atoms with Crippen LogP contribution in [0.15, 0.2) is 6.20 Å². The third kappa shape index (κ3) is 2.14. The second-order valence-corrected chi connectivity index (χ2v) is 2.55. The zero-order valence-electron chi connectivity index (χ0n) is 6.67. The number of nitrogen functional groups attached to an aromatic ring is 1. The largest absolute Gasteiger partial charge is 0.381 e. The molecule has 4 nitrogen and oxygen atoms in total. The third-order valence-corrected chi connectivity index (χ3v) is 1.47. The lowest BCUT2D eigenvalue weighted by Crippen LogP contribution is -2.22. The molecule has 0 saturated heterocycles. The van der Waals surface area contributed by atoms with Gasteiger partial charge in [-0.3, -0.25) is 0 Å². The van der Waals surface area contributed by atoms with E-state index in [1.807, 2.05) is 0 Å². The summed E-state index contributed by atoms with van der Waals surface area (Å²) in [4.78, 5) is 0. The topological polar surface area (TPSA) is 56.7 Å². The van der Waals surface area contributed by atoms with E-state index in [1.54, 1.807) is 0 Å². The Morgan fingerprint density at radius 3 is 2.75 bits per heavy atom. The number of aromatic nitrogens is 3. The highest BCUT2D eigenvalue weighted by Crippen LogP contribution is 2.19. The molecule has 0 aliphatic heterocycles. The summed E-state index contributed by atoms with van der Waals surface area (Å²) in [6.07, 6.45) is 1.07. The summed E-state index contributed by atoms with van der Waals surface area (Å²) in [5, 5.41) is 6.80. The molecular formula is C6H10F2N4. The van der Waals surface area contributed by atoms with Crippen LogP contribution in [0.2, 0.25) is 0 Å². The molecule has 0 aliphatic carbocycles. The Balaban J connectivity index is 2.63. The molecule has 6 heteroatoms. The van der Waals surface area contributed by atoms with E-state index in [0.29, 0.717) is 0 Å². The number of nitrogens with two attached hydrogens (primary N) is 1. The van der Waals surface area contributed by atoms with E-state index >= 15 is 0 Å². The molecule has 1 heterocycles. The van der Waals surface area contributed by atoms with Gasteiger partial charge >= 0.3 is 0 Å². The Kier molecular flexibility index (Phi) is 2.25. The van der Waals surface area contributed by atoms with Crippen LogP contribution < -0.4 is 5.73 Å². The minimum absolute atomic E-state index is 0.155. The molecule has 0 saturated carbocycles. The van der Waals surface area contributed by atoms with Gasteiger partial charge in [0.2, 0.25) is 0 Å². The molecule has 12 heavy (non-hydrogen) atoms. The minimum atomic E-state index is -2.74. The quantitative estimate of drug-likeness (QED) is 0.744. The Labute approximate surface area is 68.4 Å². The first kappa shape index (κ1) is 8.89. The molecule has 1 rings (SSSR count). The fraction of sp³-hybridized carbons (Fsp3) is 0.667. The second kappa shape index (κ2) is 3.04. The van der Waals surface area contributed by atoms with Crippen molar-refractivity contribution in [3.63, 3.8) is 0 Å². The number of halogens is 2. The zero-order valence-corrected chi connectivity index (χ0v) is 6.67. The third-order valence-electron chi connectivity index (χ3n) is 1.47. The number of hydrogen-bond donors (Lipinski definition) is 1. The van der Waals surface area contributed by atoms with Crippen molar-refractivity contribution in [3.8, 4) is 0 Å². The molecule has 0 atom stereocenters. The van der Waals surface area contributed by atoms with Crippen LogP contribution in [-0.4, -0.2) is 20.9 Å². The summed E-state index contributed by atoms with van der Waals surface area (Å²) in [6, 6.07) is 0. The average Bonchev–Trinajstić information content (AvgIpc) is 2.35. The van der Waals surface area contributed by atoms with Gasteiger partial charge in [0.15, 0.2) is 5.82 Å². The van der Waals surface area contributed by atoms with Gasteiger partial charge in [0.05, 0.1) is 6.20 Å². The first-order valence-corrected chi connectivity index (χ1v) is 3.57. The maximum absolute atomic E-state index is 12.7. The highest BCUT2D eigenvalue weighted by Gasteiger charge is 2.27. The molecule has 0 spiro atoms. The summed E-state index contributed by atoms with van der Waals surface area (Å²) in [6.45, 7) is 0.952. The predicted octanol–water partition coefficient (Wildman–Crippen LogP) is 0.906. The van der Waals surface area contributed by atoms with Crippen molar-refractivity contribution in [3.05, 3.63) is 6.20 Å². The number of anilines is 1. The molecular weight excluding hydrogens is 166 g/mol. The van der Waals surface area contributed by atoms with Crippen molar-refractivity contribution in [2.75, 3.05) is 5.73 Å². The zero-order chi connectivity index (χ0) is 9.19. The van der Waals surface area contributed by atoms with E-state index < -0.39 is 12.5 Å². The summed E-state index contributed by atoms with van der Waals surface area (Å²) < 4.78 is 26.5. The van der Waals surface area contributed by atoms with Gasteiger partial charge in [0.1, 0.15) is 6.54 Å². The standard InChI is InChI=1S/C6H10F2N4/c1-2-6(7,8)4-12-3-5(9)10-11-12/h3H,2,4,9H2,1H3. The van der Waals surface area contributed by atoms with Crippen molar-refractivity contribution in [2.24, 2.45) is 0 Å². The summed E-state index contributed by atoms with van der Waals surface area (Å²) >= 11 is 0. The van der Waals surface area contributed by atoms with E-state index in [2.05, 4.69) is 10.3 Å². The maximum Gasteiger partial charge on any atom is 0.267 e. The lowest BCUT2D eigenvalue weighted by atomic mass is 10.2. The maximum atomic E-state index is 12.7. The normalized spacial score (nSPS) is 11.9. The lowest BCUT2D eigenvalue weighted by molar-refractivity contribution is -0.0233. The van der Waals surface area contributed by atoms with Crippen molar-refractivity contribution < 1.29 is 8.78 Å². The average molecular weight is 176 g/mol. The Bertz CT molecular complexity index is 258.